The number of ether oxygens (including phenoxy) is 2. The average molecular weight is 448 g/mol. The smallest absolute Gasteiger partial charge is 0.276 e. The number of benzene rings is 2. The van der Waals surface area contributed by atoms with E-state index in [1.807, 2.05) is 42.5 Å². The molecule has 2 aromatic carbocycles. The summed E-state index contributed by atoms with van der Waals surface area (Å²) >= 11 is 0. The molecule has 0 aliphatic carbocycles. The summed E-state index contributed by atoms with van der Waals surface area (Å²) in [5, 5.41) is 3.73. The fraction of sp³-hybridized carbons (Fsp3) is 0.308. The summed E-state index contributed by atoms with van der Waals surface area (Å²) < 4.78 is 14.0. The lowest BCUT2D eigenvalue weighted by Crippen LogP contribution is -2.25. The first kappa shape index (κ1) is 22.5. The van der Waals surface area contributed by atoms with E-state index in [-0.39, 0.29) is 11.1 Å². The van der Waals surface area contributed by atoms with Crippen molar-refractivity contribution < 1.29 is 9.47 Å². The van der Waals surface area contributed by atoms with E-state index in [0.717, 1.165) is 29.7 Å². The van der Waals surface area contributed by atoms with E-state index < -0.39 is 0 Å². The second-order valence-electron chi connectivity index (χ2n) is 8.12. The number of aryl methyl sites for hydroxylation is 1. The highest BCUT2D eigenvalue weighted by atomic mass is 16.5. The molecular formula is C26H29N3O4. The molecule has 2 aromatic heterocycles. The summed E-state index contributed by atoms with van der Waals surface area (Å²) in [6, 6.07) is 16.9. The van der Waals surface area contributed by atoms with Gasteiger partial charge in [0, 0.05) is 17.8 Å². The van der Waals surface area contributed by atoms with Crippen LogP contribution in [0.3, 0.4) is 0 Å². The Balaban J connectivity index is 1.84. The second kappa shape index (κ2) is 9.81. The van der Waals surface area contributed by atoms with Gasteiger partial charge in [0.05, 0.1) is 38.2 Å². The van der Waals surface area contributed by atoms with Crippen molar-refractivity contribution in [2.45, 2.75) is 39.3 Å². The third kappa shape index (κ3) is 4.72. The van der Waals surface area contributed by atoms with Gasteiger partial charge >= 0.3 is 0 Å². The van der Waals surface area contributed by atoms with Crippen LogP contribution in [0.4, 0.5) is 0 Å². The van der Waals surface area contributed by atoms with Gasteiger partial charge in [-0.25, -0.2) is 4.68 Å². The summed E-state index contributed by atoms with van der Waals surface area (Å²) in [7, 11) is 3.19. The maximum Gasteiger partial charge on any atom is 0.276 e. The SMILES string of the molecule is CCCCc1c2c(=O)n(Cc3ccccc3)[nH]c2cc(=O)n1Cc1cc(OC)cc(OC)c1. The molecule has 0 unspecified atom stereocenters. The van der Waals surface area contributed by atoms with Crippen molar-refractivity contribution >= 4 is 10.9 Å². The molecule has 0 bridgehead atoms. The zero-order valence-electron chi connectivity index (χ0n) is 19.3. The zero-order chi connectivity index (χ0) is 23.4. The third-order valence-electron chi connectivity index (χ3n) is 5.83. The molecule has 2 heterocycles. The summed E-state index contributed by atoms with van der Waals surface area (Å²) in [6.07, 6.45) is 2.48. The minimum absolute atomic E-state index is 0.114. The number of methoxy groups -OCH3 is 2. The molecule has 0 fully saturated rings. The molecule has 0 aliphatic heterocycles. The maximum absolute atomic E-state index is 13.4. The lowest BCUT2D eigenvalue weighted by Gasteiger charge is -2.15. The molecule has 0 saturated heterocycles. The molecule has 0 saturated carbocycles. The van der Waals surface area contributed by atoms with Crippen molar-refractivity contribution in [1.82, 2.24) is 14.3 Å². The van der Waals surface area contributed by atoms with E-state index in [1.54, 1.807) is 29.5 Å². The van der Waals surface area contributed by atoms with Crippen LogP contribution in [-0.2, 0) is 19.5 Å². The highest BCUT2D eigenvalue weighted by Crippen LogP contribution is 2.24. The number of aromatic nitrogens is 3. The fourth-order valence-electron chi connectivity index (χ4n) is 4.15. The van der Waals surface area contributed by atoms with Gasteiger partial charge in [-0.1, -0.05) is 43.7 Å². The topological polar surface area (TPSA) is 78.2 Å². The van der Waals surface area contributed by atoms with Gasteiger partial charge in [0.1, 0.15) is 11.5 Å². The number of nitrogens with one attached hydrogen (secondary N) is 1. The minimum atomic E-state index is -0.150. The lowest BCUT2D eigenvalue weighted by atomic mass is 10.1. The Labute approximate surface area is 192 Å². The summed E-state index contributed by atoms with van der Waals surface area (Å²) in [5.74, 6) is 1.31. The van der Waals surface area contributed by atoms with Gasteiger partial charge < -0.3 is 14.0 Å². The number of H-pyrrole nitrogens is 1. The van der Waals surface area contributed by atoms with Crippen LogP contribution in [0.1, 0.15) is 36.6 Å². The maximum atomic E-state index is 13.4. The molecule has 7 heteroatoms. The Kier molecular flexibility index (Phi) is 6.68. The van der Waals surface area contributed by atoms with Gasteiger partial charge in [0.25, 0.3) is 11.1 Å². The van der Waals surface area contributed by atoms with Gasteiger partial charge in [-0.3, -0.25) is 14.7 Å². The number of hydrogen-bond acceptors (Lipinski definition) is 4. The summed E-state index contributed by atoms with van der Waals surface area (Å²) in [6.45, 7) is 2.84. The van der Waals surface area contributed by atoms with Gasteiger partial charge in [-0.2, -0.15) is 0 Å². The summed E-state index contributed by atoms with van der Waals surface area (Å²) in [4.78, 5) is 26.6. The molecule has 7 nitrogen and oxygen atoms in total. The average Bonchev–Trinajstić information content (AvgIpc) is 3.13. The van der Waals surface area contributed by atoms with Crippen LogP contribution in [0.2, 0.25) is 0 Å². The zero-order valence-corrected chi connectivity index (χ0v) is 19.3. The molecule has 172 valence electrons. The van der Waals surface area contributed by atoms with Crippen LogP contribution in [0.25, 0.3) is 10.9 Å². The van der Waals surface area contributed by atoms with E-state index in [4.69, 9.17) is 9.47 Å². The Morgan fingerprint density at radius 2 is 1.58 bits per heavy atom. The molecule has 33 heavy (non-hydrogen) atoms. The Bertz CT molecular complexity index is 1340. The molecule has 4 rings (SSSR count). The van der Waals surface area contributed by atoms with Crippen molar-refractivity contribution in [3.8, 4) is 11.5 Å². The Morgan fingerprint density at radius 1 is 0.879 bits per heavy atom. The van der Waals surface area contributed by atoms with Crippen LogP contribution in [0.5, 0.6) is 11.5 Å². The lowest BCUT2D eigenvalue weighted by molar-refractivity contribution is 0.393. The number of pyridine rings is 1. The van der Waals surface area contributed by atoms with E-state index in [2.05, 4.69) is 12.0 Å². The normalized spacial score (nSPS) is 11.1. The number of unbranched alkanes of at least 4 members (excludes halogenated alkanes) is 1. The Hall–Kier alpha value is -3.74. The molecule has 4 aromatic rings. The van der Waals surface area contributed by atoms with Crippen LogP contribution < -0.4 is 20.6 Å². The van der Waals surface area contributed by atoms with Crippen LogP contribution in [-0.4, -0.2) is 28.6 Å². The van der Waals surface area contributed by atoms with Crippen LogP contribution in [0, 0.1) is 0 Å². The van der Waals surface area contributed by atoms with E-state index in [9.17, 15) is 9.59 Å². The number of aromatic amines is 1. The van der Waals surface area contributed by atoms with E-state index in [0.29, 0.717) is 41.9 Å². The quantitative estimate of drug-likeness (QED) is 0.421. The molecule has 0 aliphatic rings. The van der Waals surface area contributed by atoms with Gasteiger partial charge in [0.2, 0.25) is 0 Å². The van der Waals surface area contributed by atoms with Crippen molar-refractivity contribution in [2.75, 3.05) is 14.2 Å². The second-order valence-corrected chi connectivity index (χ2v) is 8.12. The number of fused-ring (bicyclic) bond motifs is 1. The predicted octanol–water partition coefficient (Wildman–Crippen LogP) is 3.95. The van der Waals surface area contributed by atoms with Crippen LogP contribution in [0.15, 0.2) is 64.2 Å². The first-order valence-corrected chi connectivity index (χ1v) is 11.1. The van der Waals surface area contributed by atoms with E-state index >= 15 is 0 Å². The molecule has 0 radical (unpaired) electrons. The van der Waals surface area contributed by atoms with Crippen molar-refractivity contribution in [3.05, 3.63) is 92.1 Å². The molecule has 1 N–H and O–H groups in total. The van der Waals surface area contributed by atoms with Crippen molar-refractivity contribution in [2.24, 2.45) is 0 Å². The highest BCUT2D eigenvalue weighted by molar-refractivity contribution is 5.80. The van der Waals surface area contributed by atoms with Gasteiger partial charge in [0.15, 0.2) is 0 Å². The first-order valence-electron chi connectivity index (χ1n) is 11.1. The standard InChI is InChI=1S/C26H29N3O4/c1-4-5-11-23-25-22(27-29(26(25)31)17-18-9-7-6-8-10-18)15-24(30)28(23)16-19-12-20(32-2)14-21(13-19)33-3/h6-10,12-15,27H,4-5,11,16-17H2,1-3H3. The summed E-state index contributed by atoms with van der Waals surface area (Å²) in [5.41, 5.74) is 2.95. The third-order valence-corrected chi connectivity index (χ3v) is 5.83. The largest absolute Gasteiger partial charge is 0.497 e. The van der Waals surface area contributed by atoms with Gasteiger partial charge in [-0.05, 0) is 36.1 Å². The fourth-order valence-corrected chi connectivity index (χ4v) is 4.15. The predicted molar refractivity (Wildman–Crippen MR) is 130 cm³/mol. The van der Waals surface area contributed by atoms with Crippen molar-refractivity contribution in [3.63, 3.8) is 0 Å². The monoisotopic (exact) mass is 447 g/mol. The first-order chi connectivity index (χ1) is 16.0. The van der Waals surface area contributed by atoms with Crippen LogP contribution >= 0.6 is 0 Å². The number of nitrogens with zero attached hydrogens (tertiary/aromatic N) is 2. The molecule has 0 spiro atoms. The molecule has 0 atom stereocenters. The van der Waals surface area contributed by atoms with E-state index in [1.165, 1.54) is 6.07 Å². The van der Waals surface area contributed by atoms with Gasteiger partial charge in [-0.15, -0.1) is 0 Å². The molecular weight excluding hydrogens is 418 g/mol. The van der Waals surface area contributed by atoms with Crippen molar-refractivity contribution in [1.29, 1.82) is 0 Å². The number of hydrogen-bond donors (Lipinski definition) is 1. The molecule has 0 amide bonds. The highest BCUT2D eigenvalue weighted by Gasteiger charge is 2.18. The Morgan fingerprint density at radius 3 is 2.21 bits per heavy atom. The minimum Gasteiger partial charge on any atom is -0.497 e. The number of rotatable bonds is 9.